The number of rotatable bonds is 5. The average molecular weight is 287 g/mol. The third kappa shape index (κ3) is 3.65. The first-order valence-electron chi connectivity index (χ1n) is 8.14. The maximum absolute atomic E-state index is 11.5. The van der Waals surface area contributed by atoms with Crippen molar-refractivity contribution in [1.29, 1.82) is 0 Å². The van der Waals surface area contributed by atoms with E-state index in [1.165, 1.54) is 19.1 Å². The van der Waals surface area contributed by atoms with E-state index in [0.29, 0.717) is 12.0 Å². The van der Waals surface area contributed by atoms with E-state index in [1.54, 1.807) is 0 Å². The van der Waals surface area contributed by atoms with Gasteiger partial charge in [0.05, 0.1) is 13.0 Å². The van der Waals surface area contributed by atoms with Gasteiger partial charge in [0.1, 0.15) is 0 Å². The van der Waals surface area contributed by atoms with Gasteiger partial charge in [-0.3, -0.25) is 4.79 Å². The Bertz CT molecular complexity index is 465. The zero-order chi connectivity index (χ0) is 14.7. The lowest BCUT2D eigenvalue weighted by atomic mass is 9.82. The summed E-state index contributed by atoms with van der Waals surface area (Å²) in [6, 6.07) is 11.4. The monoisotopic (exact) mass is 287 g/mol. The summed E-state index contributed by atoms with van der Waals surface area (Å²) in [7, 11) is 1.49. The van der Waals surface area contributed by atoms with Crippen LogP contribution in [0.1, 0.15) is 43.6 Å². The highest BCUT2D eigenvalue weighted by Crippen LogP contribution is 2.41. The van der Waals surface area contributed by atoms with Crippen molar-refractivity contribution in [3.05, 3.63) is 35.9 Å². The number of methoxy groups -OCH3 is 1. The van der Waals surface area contributed by atoms with E-state index >= 15 is 0 Å². The zero-order valence-corrected chi connectivity index (χ0v) is 12.8. The molecule has 2 aliphatic rings. The van der Waals surface area contributed by atoms with Gasteiger partial charge in [0.25, 0.3) is 0 Å². The van der Waals surface area contributed by atoms with Crippen LogP contribution < -0.4 is 5.32 Å². The summed E-state index contributed by atoms with van der Waals surface area (Å²) in [5.74, 6) is 1.55. The van der Waals surface area contributed by atoms with E-state index in [0.717, 1.165) is 38.1 Å². The molecule has 1 aromatic carbocycles. The molecule has 1 aromatic rings. The van der Waals surface area contributed by atoms with Gasteiger partial charge in [-0.2, -0.15) is 0 Å². The highest BCUT2D eigenvalue weighted by atomic mass is 16.5. The predicted octanol–water partition coefficient (Wildman–Crippen LogP) is 3.11. The Kier molecular flexibility index (Phi) is 4.59. The number of ether oxygens (including phenoxy) is 1. The van der Waals surface area contributed by atoms with Gasteiger partial charge >= 0.3 is 5.97 Å². The molecule has 3 heteroatoms. The van der Waals surface area contributed by atoms with Crippen LogP contribution >= 0.6 is 0 Å². The molecule has 0 bridgehead atoms. The standard InChI is InChI=1S/C18H25NO2/c1-21-18(20)15-9-7-13(8-10-15)12-19-17-11-16(17)14-5-3-2-4-6-14/h2-6,13,15-17,19H,7-12H2,1H3. The summed E-state index contributed by atoms with van der Waals surface area (Å²) in [6.45, 7) is 1.10. The lowest BCUT2D eigenvalue weighted by Gasteiger charge is -2.27. The molecule has 0 spiro atoms. The van der Waals surface area contributed by atoms with Crippen molar-refractivity contribution < 1.29 is 9.53 Å². The number of nitrogens with one attached hydrogen (secondary N) is 1. The van der Waals surface area contributed by atoms with Crippen LogP contribution in [0.5, 0.6) is 0 Å². The minimum Gasteiger partial charge on any atom is -0.469 e. The second-order valence-electron chi connectivity index (χ2n) is 6.51. The van der Waals surface area contributed by atoms with Gasteiger partial charge in [-0.25, -0.2) is 0 Å². The van der Waals surface area contributed by atoms with Crippen molar-refractivity contribution in [2.75, 3.05) is 13.7 Å². The molecule has 0 aliphatic heterocycles. The topological polar surface area (TPSA) is 38.3 Å². The van der Waals surface area contributed by atoms with E-state index in [4.69, 9.17) is 4.74 Å². The van der Waals surface area contributed by atoms with E-state index in [2.05, 4.69) is 35.6 Å². The number of carbonyl (C=O) groups excluding carboxylic acids is 1. The number of esters is 1. The maximum Gasteiger partial charge on any atom is 0.308 e. The predicted molar refractivity (Wildman–Crippen MR) is 83.1 cm³/mol. The first-order valence-corrected chi connectivity index (χ1v) is 8.14. The number of hydrogen-bond donors (Lipinski definition) is 1. The van der Waals surface area contributed by atoms with Crippen LogP contribution in [-0.4, -0.2) is 25.7 Å². The molecule has 0 amide bonds. The van der Waals surface area contributed by atoms with Gasteiger partial charge in [0.15, 0.2) is 0 Å². The Balaban J connectivity index is 1.37. The second kappa shape index (κ2) is 6.61. The summed E-state index contributed by atoms with van der Waals surface area (Å²) in [6.07, 6.45) is 5.55. The Hall–Kier alpha value is -1.35. The fourth-order valence-corrected chi connectivity index (χ4v) is 3.58. The largest absolute Gasteiger partial charge is 0.469 e. The molecular weight excluding hydrogens is 262 g/mol. The molecule has 2 atom stereocenters. The molecule has 114 valence electrons. The highest BCUT2D eigenvalue weighted by molar-refractivity contribution is 5.72. The van der Waals surface area contributed by atoms with Crippen molar-refractivity contribution >= 4 is 5.97 Å². The lowest BCUT2D eigenvalue weighted by Crippen LogP contribution is -2.30. The smallest absolute Gasteiger partial charge is 0.308 e. The van der Waals surface area contributed by atoms with Crippen LogP contribution in [0.4, 0.5) is 0 Å². The fourth-order valence-electron chi connectivity index (χ4n) is 3.58. The van der Waals surface area contributed by atoms with Gasteiger partial charge in [-0.1, -0.05) is 30.3 Å². The van der Waals surface area contributed by atoms with E-state index in [9.17, 15) is 4.79 Å². The molecule has 0 radical (unpaired) electrons. The van der Waals surface area contributed by atoms with Crippen molar-refractivity contribution in [2.45, 2.75) is 44.1 Å². The van der Waals surface area contributed by atoms with Crippen LogP contribution in [0.15, 0.2) is 30.3 Å². The van der Waals surface area contributed by atoms with Crippen LogP contribution in [0.3, 0.4) is 0 Å². The molecule has 2 unspecified atom stereocenters. The summed E-state index contributed by atoms with van der Waals surface area (Å²) < 4.78 is 4.84. The fraction of sp³-hybridized carbons (Fsp3) is 0.611. The molecular formula is C18H25NO2. The zero-order valence-electron chi connectivity index (χ0n) is 12.8. The third-order valence-corrected chi connectivity index (χ3v) is 5.07. The van der Waals surface area contributed by atoms with E-state index in [-0.39, 0.29) is 11.9 Å². The van der Waals surface area contributed by atoms with E-state index in [1.807, 2.05) is 0 Å². The Morgan fingerprint density at radius 3 is 2.57 bits per heavy atom. The molecule has 2 fully saturated rings. The number of carbonyl (C=O) groups is 1. The molecule has 0 saturated heterocycles. The SMILES string of the molecule is COC(=O)C1CCC(CNC2CC2c2ccccc2)CC1. The van der Waals surface area contributed by atoms with Crippen molar-refractivity contribution in [3.63, 3.8) is 0 Å². The van der Waals surface area contributed by atoms with Crippen LogP contribution in [0.2, 0.25) is 0 Å². The minimum atomic E-state index is -0.0206. The van der Waals surface area contributed by atoms with Crippen LogP contribution in [0, 0.1) is 11.8 Å². The molecule has 0 aromatic heterocycles. The van der Waals surface area contributed by atoms with Gasteiger partial charge in [0, 0.05) is 12.0 Å². The summed E-state index contributed by atoms with van der Waals surface area (Å²) in [4.78, 5) is 11.5. The van der Waals surface area contributed by atoms with Gasteiger partial charge in [-0.05, 0) is 50.1 Å². The van der Waals surface area contributed by atoms with Crippen molar-refractivity contribution in [2.24, 2.45) is 11.8 Å². The normalized spacial score (nSPS) is 31.7. The van der Waals surface area contributed by atoms with Crippen molar-refractivity contribution in [1.82, 2.24) is 5.32 Å². The third-order valence-electron chi connectivity index (χ3n) is 5.07. The molecule has 3 nitrogen and oxygen atoms in total. The molecule has 2 saturated carbocycles. The van der Waals surface area contributed by atoms with Crippen LogP contribution in [-0.2, 0) is 9.53 Å². The lowest BCUT2D eigenvalue weighted by molar-refractivity contribution is -0.146. The molecule has 1 N–H and O–H groups in total. The average Bonchev–Trinajstić information content (AvgIpc) is 3.33. The van der Waals surface area contributed by atoms with Gasteiger partial charge < -0.3 is 10.1 Å². The maximum atomic E-state index is 11.5. The first kappa shape index (κ1) is 14.6. The highest BCUT2D eigenvalue weighted by Gasteiger charge is 2.38. The Morgan fingerprint density at radius 1 is 1.19 bits per heavy atom. The van der Waals surface area contributed by atoms with Crippen molar-refractivity contribution in [3.8, 4) is 0 Å². The number of benzene rings is 1. The van der Waals surface area contributed by atoms with Crippen LogP contribution in [0.25, 0.3) is 0 Å². The first-order chi connectivity index (χ1) is 10.3. The molecule has 3 rings (SSSR count). The summed E-state index contributed by atoms with van der Waals surface area (Å²) in [5, 5.41) is 3.72. The Labute approximate surface area is 127 Å². The van der Waals surface area contributed by atoms with Gasteiger partial charge in [0.2, 0.25) is 0 Å². The quantitative estimate of drug-likeness (QED) is 0.846. The minimum absolute atomic E-state index is 0.0206. The molecule has 21 heavy (non-hydrogen) atoms. The second-order valence-corrected chi connectivity index (χ2v) is 6.51. The van der Waals surface area contributed by atoms with Gasteiger partial charge in [-0.15, -0.1) is 0 Å². The molecule has 2 aliphatic carbocycles. The summed E-state index contributed by atoms with van der Waals surface area (Å²) >= 11 is 0. The Morgan fingerprint density at radius 2 is 1.90 bits per heavy atom. The summed E-state index contributed by atoms with van der Waals surface area (Å²) in [5.41, 5.74) is 1.46. The van der Waals surface area contributed by atoms with E-state index < -0.39 is 0 Å². The molecule has 0 heterocycles. The number of hydrogen-bond acceptors (Lipinski definition) is 3.